The predicted octanol–water partition coefficient (Wildman–Crippen LogP) is 4.39. The van der Waals surface area contributed by atoms with E-state index in [4.69, 9.17) is 28.9 Å². The van der Waals surface area contributed by atoms with Crippen LogP contribution in [0.1, 0.15) is 4.88 Å². The summed E-state index contributed by atoms with van der Waals surface area (Å²) in [6.07, 6.45) is 0. The fourth-order valence-electron chi connectivity index (χ4n) is 1.33. The van der Waals surface area contributed by atoms with Crippen molar-refractivity contribution < 1.29 is 4.39 Å². The van der Waals surface area contributed by atoms with Gasteiger partial charge in [0.25, 0.3) is 0 Å². The standard InChI is InChI=1S/C11H9Cl2FN2S/c12-7-3-6(4-8(13)11(7)14)16-5-10-9(15)1-2-17-10/h1-4,16H,5,15H2. The molecule has 0 unspecified atom stereocenters. The predicted molar refractivity (Wildman–Crippen MR) is 72.5 cm³/mol. The zero-order valence-corrected chi connectivity index (χ0v) is 11.0. The van der Waals surface area contributed by atoms with Gasteiger partial charge in [-0.2, -0.15) is 0 Å². The molecule has 1 aromatic heterocycles. The molecular formula is C11H9Cl2FN2S. The van der Waals surface area contributed by atoms with Crippen molar-refractivity contribution in [2.75, 3.05) is 11.1 Å². The Kier molecular flexibility index (Phi) is 3.76. The second-order valence-electron chi connectivity index (χ2n) is 3.41. The van der Waals surface area contributed by atoms with Crippen molar-refractivity contribution in [3.63, 3.8) is 0 Å². The molecule has 0 saturated carbocycles. The molecule has 2 aromatic rings. The molecule has 0 spiro atoms. The van der Waals surface area contributed by atoms with Crippen LogP contribution in [-0.2, 0) is 6.54 Å². The second-order valence-corrected chi connectivity index (χ2v) is 5.22. The van der Waals surface area contributed by atoms with Crippen LogP contribution >= 0.6 is 34.5 Å². The Labute approximate surface area is 112 Å². The monoisotopic (exact) mass is 290 g/mol. The smallest absolute Gasteiger partial charge is 0.160 e. The van der Waals surface area contributed by atoms with Crippen molar-refractivity contribution in [2.45, 2.75) is 6.54 Å². The van der Waals surface area contributed by atoms with Gasteiger partial charge in [-0.15, -0.1) is 11.3 Å². The molecule has 0 aliphatic carbocycles. The summed E-state index contributed by atoms with van der Waals surface area (Å²) in [5, 5.41) is 5.00. The maximum absolute atomic E-state index is 13.2. The van der Waals surface area contributed by atoms with Crippen LogP contribution in [0, 0.1) is 5.82 Å². The van der Waals surface area contributed by atoms with Gasteiger partial charge in [-0.3, -0.25) is 0 Å². The van der Waals surface area contributed by atoms with Crippen LogP contribution in [0.25, 0.3) is 0 Å². The van der Waals surface area contributed by atoms with Crippen molar-refractivity contribution in [3.8, 4) is 0 Å². The molecule has 0 amide bonds. The highest BCUT2D eigenvalue weighted by Gasteiger charge is 2.08. The SMILES string of the molecule is Nc1ccsc1CNc1cc(Cl)c(F)c(Cl)c1. The maximum atomic E-state index is 13.2. The summed E-state index contributed by atoms with van der Waals surface area (Å²) in [7, 11) is 0. The first-order valence-electron chi connectivity index (χ1n) is 4.78. The minimum atomic E-state index is -0.602. The Hall–Kier alpha value is -0.970. The van der Waals surface area contributed by atoms with E-state index in [-0.39, 0.29) is 10.0 Å². The zero-order chi connectivity index (χ0) is 12.4. The van der Waals surface area contributed by atoms with Gasteiger partial charge < -0.3 is 11.1 Å². The largest absolute Gasteiger partial charge is 0.398 e. The molecule has 0 saturated heterocycles. The number of halogens is 3. The fourth-order valence-corrected chi connectivity index (χ4v) is 2.56. The highest BCUT2D eigenvalue weighted by molar-refractivity contribution is 7.10. The van der Waals surface area contributed by atoms with Crippen LogP contribution in [0.15, 0.2) is 23.6 Å². The second kappa shape index (κ2) is 5.12. The van der Waals surface area contributed by atoms with E-state index < -0.39 is 5.82 Å². The van der Waals surface area contributed by atoms with Crippen molar-refractivity contribution in [2.24, 2.45) is 0 Å². The molecule has 1 aromatic carbocycles. The van der Waals surface area contributed by atoms with Crippen LogP contribution in [0.5, 0.6) is 0 Å². The zero-order valence-electron chi connectivity index (χ0n) is 8.64. The summed E-state index contributed by atoms with van der Waals surface area (Å²) in [6.45, 7) is 0.557. The van der Waals surface area contributed by atoms with E-state index >= 15 is 0 Å². The van der Waals surface area contributed by atoms with Crippen molar-refractivity contribution >= 4 is 45.9 Å². The van der Waals surface area contributed by atoms with E-state index in [0.717, 1.165) is 10.6 Å². The van der Waals surface area contributed by atoms with Crippen LogP contribution in [0.4, 0.5) is 15.8 Å². The molecule has 0 aliphatic heterocycles. The number of hydrogen-bond donors (Lipinski definition) is 2. The van der Waals surface area contributed by atoms with E-state index in [1.165, 1.54) is 12.1 Å². The maximum Gasteiger partial charge on any atom is 0.160 e. The summed E-state index contributed by atoms with van der Waals surface area (Å²) in [5.41, 5.74) is 7.15. The molecule has 0 atom stereocenters. The lowest BCUT2D eigenvalue weighted by molar-refractivity contribution is 0.629. The minimum Gasteiger partial charge on any atom is -0.398 e. The van der Waals surface area contributed by atoms with E-state index in [0.29, 0.717) is 12.2 Å². The third-order valence-corrected chi connectivity index (χ3v) is 3.70. The number of hydrogen-bond acceptors (Lipinski definition) is 3. The number of nitrogen functional groups attached to an aromatic ring is 1. The van der Waals surface area contributed by atoms with Gasteiger partial charge >= 0.3 is 0 Å². The molecule has 1 heterocycles. The fraction of sp³-hybridized carbons (Fsp3) is 0.0909. The Morgan fingerprint density at radius 1 is 1.29 bits per heavy atom. The van der Waals surface area contributed by atoms with Crippen LogP contribution in [0.3, 0.4) is 0 Å². The van der Waals surface area contributed by atoms with E-state index in [1.807, 2.05) is 11.4 Å². The van der Waals surface area contributed by atoms with Crippen LogP contribution < -0.4 is 11.1 Å². The normalized spacial score (nSPS) is 10.5. The molecule has 3 N–H and O–H groups in total. The number of anilines is 2. The van der Waals surface area contributed by atoms with E-state index in [1.54, 1.807) is 11.3 Å². The third kappa shape index (κ3) is 2.83. The van der Waals surface area contributed by atoms with Gasteiger partial charge in [-0.1, -0.05) is 23.2 Å². The Balaban J connectivity index is 2.12. The summed E-state index contributed by atoms with van der Waals surface area (Å²) >= 11 is 12.9. The minimum absolute atomic E-state index is 0.000786. The van der Waals surface area contributed by atoms with E-state index in [2.05, 4.69) is 5.32 Å². The summed E-state index contributed by atoms with van der Waals surface area (Å²) in [6, 6.07) is 4.82. The van der Waals surface area contributed by atoms with Gasteiger partial charge in [-0.25, -0.2) is 4.39 Å². The molecule has 2 nitrogen and oxygen atoms in total. The average Bonchev–Trinajstić information content (AvgIpc) is 2.69. The molecule has 2 rings (SSSR count). The Bertz CT molecular complexity index is 519. The molecule has 0 radical (unpaired) electrons. The Morgan fingerprint density at radius 3 is 2.47 bits per heavy atom. The van der Waals surface area contributed by atoms with Crippen LogP contribution in [0.2, 0.25) is 10.0 Å². The van der Waals surface area contributed by atoms with Gasteiger partial charge in [-0.05, 0) is 23.6 Å². The molecular weight excluding hydrogens is 282 g/mol. The lowest BCUT2D eigenvalue weighted by Gasteiger charge is -2.07. The lowest BCUT2D eigenvalue weighted by atomic mass is 10.3. The van der Waals surface area contributed by atoms with Crippen molar-refractivity contribution in [1.29, 1.82) is 0 Å². The first kappa shape index (κ1) is 12.5. The van der Waals surface area contributed by atoms with Gasteiger partial charge in [0.15, 0.2) is 5.82 Å². The van der Waals surface area contributed by atoms with Gasteiger partial charge in [0.2, 0.25) is 0 Å². The molecule has 6 heteroatoms. The number of rotatable bonds is 3. The Morgan fingerprint density at radius 2 is 1.94 bits per heavy atom. The summed E-state index contributed by atoms with van der Waals surface area (Å²) < 4.78 is 13.2. The molecule has 17 heavy (non-hydrogen) atoms. The van der Waals surface area contributed by atoms with Crippen molar-refractivity contribution in [3.05, 3.63) is 44.3 Å². The third-order valence-electron chi connectivity index (χ3n) is 2.22. The number of nitrogens with one attached hydrogen (secondary N) is 1. The molecule has 0 aliphatic rings. The number of benzene rings is 1. The molecule has 0 fully saturated rings. The average molecular weight is 291 g/mol. The van der Waals surface area contributed by atoms with Gasteiger partial charge in [0.05, 0.1) is 16.6 Å². The first-order valence-corrected chi connectivity index (χ1v) is 6.41. The van der Waals surface area contributed by atoms with Gasteiger partial charge in [0, 0.05) is 16.3 Å². The quantitative estimate of drug-likeness (QED) is 0.823. The first-order chi connectivity index (χ1) is 8.08. The molecule has 90 valence electrons. The highest BCUT2D eigenvalue weighted by Crippen LogP contribution is 2.28. The summed E-state index contributed by atoms with van der Waals surface area (Å²) in [4.78, 5) is 1.02. The van der Waals surface area contributed by atoms with E-state index in [9.17, 15) is 4.39 Å². The highest BCUT2D eigenvalue weighted by atomic mass is 35.5. The number of thiophene rings is 1. The van der Waals surface area contributed by atoms with Crippen molar-refractivity contribution in [1.82, 2.24) is 0 Å². The lowest BCUT2D eigenvalue weighted by Crippen LogP contribution is -2.00. The number of nitrogens with two attached hydrogens (primary N) is 1. The van der Waals surface area contributed by atoms with Gasteiger partial charge in [0.1, 0.15) is 0 Å². The molecule has 0 bridgehead atoms. The summed E-state index contributed by atoms with van der Waals surface area (Å²) in [5.74, 6) is -0.602. The topological polar surface area (TPSA) is 38.0 Å². The van der Waals surface area contributed by atoms with Crippen LogP contribution in [-0.4, -0.2) is 0 Å².